The number of morpholine rings is 1. The van der Waals surface area contributed by atoms with Crippen molar-refractivity contribution in [2.24, 2.45) is 0 Å². The zero-order chi connectivity index (χ0) is 18.4. The van der Waals surface area contributed by atoms with E-state index < -0.39 is 0 Å². The molecule has 0 aliphatic carbocycles. The van der Waals surface area contributed by atoms with Gasteiger partial charge in [-0.3, -0.25) is 4.79 Å². The zero-order valence-corrected chi connectivity index (χ0v) is 15.9. The van der Waals surface area contributed by atoms with Crippen LogP contribution in [0.5, 0.6) is 0 Å². The first-order valence-corrected chi connectivity index (χ1v) is 9.74. The van der Waals surface area contributed by atoms with E-state index in [-0.39, 0.29) is 18.1 Å². The number of aromatic nitrogens is 2. The molecule has 0 radical (unpaired) electrons. The van der Waals surface area contributed by atoms with Crippen molar-refractivity contribution in [3.8, 4) is 0 Å². The fraction of sp³-hybridized carbons (Fsp3) is 0.421. The average Bonchev–Trinajstić information content (AvgIpc) is 2.65. The third-order valence-corrected chi connectivity index (χ3v) is 4.98. The van der Waals surface area contributed by atoms with Gasteiger partial charge in [-0.05, 0) is 19.4 Å². The summed E-state index contributed by atoms with van der Waals surface area (Å²) in [7, 11) is 0. The molecule has 1 saturated heterocycles. The topological polar surface area (TPSA) is 67.4 Å². The third-order valence-electron chi connectivity index (χ3n) is 4.05. The summed E-state index contributed by atoms with van der Waals surface area (Å²) in [6, 6.07) is 11.8. The second kappa shape index (κ2) is 9.00. The van der Waals surface area contributed by atoms with Gasteiger partial charge in [-0.25, -0.2) is 9.97 Å². The predicted octanol–water partition coefficient (Wildman–Crippen LogP) is 2.50. The van der Waals surface area contributed by atoms with Crippen LogP contribution < -0.4 is 10.2 Å². The van der Waals surface area contributed by atoms with Crippen LogP contribution in [0.15, 0.2) is 47.8 Å². The Hall–Kier alpha value is -2.12. The Bertz CT molecular complexity index is 718. The van der Waals surface area contributed by atoms with Gasteiger partial charge >= 0.3 is 0 Å². The number of carbonyl (C=O) groups excluding carboxylic acids is 1. The van der Waals surface area contributed by atoms with Gasteiger partial charge < -0.3 is 15.0 Å². The summed E-state index contributed by atoms with van der Waals surface area (Å²) in [6.07, 6.45) is 1.91. The van der Waals surface area contributed by atoms with Gasteiger partial charge in [-0.2, -0.15) is 0 Å². The summed E-state index contributed by atoms with van der Waals surface area (Å²) in [5, 5.41) is 3.73. The lowest BCUT2D eigenvalue weighted by Crippen LogP contribution is -2.45. The van der Waals surface area contributed by atoms with Crippen LogP contribution in [0.4, 0.5) is 5.82 Å². The molecule has 6 nitrogen and oxygen atoms in total. The van der Waals surface area contributed by atoms with Gasteiger partial charge in [-0.1, -0.05) is 42.1 Å². The molecule has 2 unspecified atom stereocenters. The lowest BCUT2D eigenvalue weighted by molar-refractivity contribution is -0.118. The Kier molecular flexibility index (Phi) is 6.46. The molecule has 2 heterocycles. The smallest absolute Gasteiger partial charge is 0.230 e. The van der Waals surface area contributed by atoms with E-state index in [0.717, 1.165) is 29.5 Å². The molecule has 2 atom stereocenters. The number of nitrogens with one attached hydrogen (secondary N) is 1. The zero-order valence-electron chi connectivity index (χ0n) is 15.1. The highest BCUT2D eigenvalue weighted by molar-refractivity contribution is 7.99. The number of hydrogen-bond acceptors (Lipinski definition) is 6. The van der Waals surface area contributed by atoms with Gasteiger partial charge in [0.15, 0.2) is 0 Å². The highest BCUT2D eigenvalue weighted by atomic mass is 32.2. The Labute approximate surface area is 158 Å². The molecule has 138 valence electrons. The molecule has 1 aliphatic rings. The summed E-state index contributed by atoms with van der Waals surface area (Å²) in [6.45, 7) is 6.29. The lowest BCUT2D eigenvalue weighted by atomic mass is 10.2. The molecule has 0 bridgehead atoms. The first-order valence-electron chi connectivity index (χ1n) is 8.76. The molecule has 0 spiro atoms. The highest BCUT2D eigenvalue weighted by Crippen LogP contribution is 2.22. The van der Waals surface area contributed by atoms with Gasteiger partial charge in [0.05, 0.1) is 18.0 Å². The largest absolute Gasteiger partial charge is 0.372 e. The molecule has 1 N–H and O–H groups in total. The van der Waals surface area contributed by atoms with Crippen LogP contribution in [-0.4, -0.2) is 46.9 Å². The van der Waals surface area contributed by atoms with E-state index in [4.69, 9.17) is 4.74 Å². The van der Waals surface area contributed by atoms with Crippen molar-refractivity contribution in [2.75, 3.05) is 23.7 Å². The molecular formula is C19H24N4O2S. The normalized spacial score (nSPS) is 20.0. The number of rotatable bonds is 6. The fourth-order valence-corrected chi connectivity index (χ4v) is 3.63. The van der Waals surface area contributed by atoms with Crippen molar-refractivity contribution in [1.82, 2.24) is 15.3 Å². The van der Waals surface area contributed by atoms with E-state index in [2.05, 4.69) is 34.0 Å². The molecule has 1 amide bonds. The lowest BCUT2D eigenvalue weighted by Gasteiger charge is -2.36. The summed E-state index contributed by atoms with van der Waals surface area (Å²) >= 11 is 1.42. The average molecular weight is 372 g/mol. The van der Waals surface area contributed by atoms with Gasteiger partial charge in [0.1, 0.15) is 17.2 Å². The van der Waals surface area contributed by atoms with Crippen LogP contribution in [-0.2, 0) is 16.1 Å². The highest BCUT2D eigenvalue weighted by Gasteiger charge is 2.23. The van der Waals surface area contributed by atoms with Crippen molar-refractivity contribution in [1.29, 1.82) is 0 Å². The van der Waals surface area contributed by atoms with Crippen LogP contribution in [0.25, 0.3) is 0 Å². The summed E-state index contributed by atoms with van der Waals surface area (Å²) < 4.78 is 5.77. The summed E-state index contributed by atoms with van der Waals surface area (Å²) in [5.41, 5.74) is 1.09. The quantitative estimate of drug-likeness (QED) is 0.621. The molecular weight excluding hydrogens is 348 g/mol. The minimum atomic E-state index is -0.00682. The van der Waals surface area contributed by atoms with Crippen LogP contribution in [0, 0.1) is 0 Å². The Morgan fingerprint density at radius 2 is 1.96 bits per heavy atom. The first kappa shape index (κ1) is 18.7. The monoisotopic (exact) mass is 372 g/mol. The SMILES string of the molecule is CC1CN(c2cc(SCC(=O)NCc3ccccc3)ncn2)CC(C)O1. The maximum atomic E-state index is 12.1. The molecule has 1 aromatic heterocycles. The van der Waals surface area contributed by atoms with Gasteiger partial charge in [0, 0.05) is 25.7 Å². The number of benzene rings is 1. The molecule has 7 heteroatoms. The molecule has 26 heavy (non-hydrogen) atoms. The van der Waals surface area contributed by atoms with Gasteiger partial charge in [0.2, 0.25) is 5.91 Å². The van der Waals surface area contributed by atoms with E-state index in [1.807, 2.05) is 36.4 Å². The second-order valence-electron chi connectivity index (χ2n) is 6.43. The molecule has 1 aromatic carbocycles. The summed E-state index contributed by atoms with van der Waals surface area (Å²) in [5.74, 6) is 1.21. The minimum Gasteiger partial charge on any atom is -0.372 e. The van der Waals surface area contributed by atoms with Crippen molar-refractivity contribution in [3.63, 3.8) is 0 Å². The van der Waals surface area contributed by atoms with E-state index >= 15 is 0 Å². The van der Waals surface area contributed by atoms with Crippen LogP contribution in [0.2, 0.25) is 0 Å². The van der Waals surface area contributed by atoms with E-state index in [1.165, 1.54) is 11.8 Å². The molecule has 0 saturated carbocycles. The van der Waals surface area contributed by atoms with Gasteiger partial charge in [-0.15, -0.1) is 0 Å². The first-order chi connectivity index (χ1) is 12.6. The van der Waals surface area contributed by atoms with Crippen molar-refractivity contribution in [2.45, 2.75) is 37.6 Å². The van der Waals surface area contributed by atoms with Gasteiger partial charge in [0.25, 0.3) is 0 Å². The fourth-order valence-electron chi connectivity index (χ4n) is 2.93. The molecule has 1 aliphatic heterocycles. The van der Waals surface area contributed by atoms with E-state index in [0.29, 0.717) is 12.3 Å². The minimum absolute atomic E-state index is 0.00682. The predicted molar refractivity (Wildman–Crippen MR) is 103 cm³/mol. The Balaban J connectivity index is 1.51. The van der Waals surface area contributed by atoms with Crippen molar-refractivity contribution >= 4 is 23.5 Å². The molecule has 2 aromatic rings. The number of nitrogens with zero attached hydrogens (tertiary/aromatic N) is 3. The number of anilines is 1. The van der Waals surface area contributed by atoms with Crippen LogP contribution in [0.3, 0.4) is 0 Å². The van der Waals surface area contributed by atoms with Crippen molar-refractivity contribution in [3.05, 3.63) is 48.3 Å². The maximum Gasteiger partial charge on any atom is 0.230 e. The number of hydrogen-bond donors (Lipinski definition) is 1. The maximum absolute atomic E-state index is 12.1. The number of ether oxygens (including phenoxy) is 1. The second-order valence-corrected chi connectivity index (χ2v) is 7.42. The third kappa shape index (κ3) is 5.44. The molecule has 1 fully saturated rings. The van der Waals surface area contributed by atoms with Crippen LogP contribution >= 0.6 is 11.8 Å². The Morgan fingerprint density at radius 3 is 2.69 bits per heavy atom. The number of thioether (sulfide) groups is 1. The van der Waals surface area contributed by atoms with E-state index in [9.17, 15) is 4.79 Å². The number of carbonyl (C=O) groups is 1. The summed E-state index contributed by atoms with van der Waals surface area (Å²) in [4.78, 5) is 22.9. The standard InChI is InChI=1S/C19H24N4O2S/c1-14-10-23(11-15(2)25-14)17-8-19(22-13-21-17)26-12-18(24)20-9-16-6-4-3-5-7-16/h3-8,13-15H,9-12H2,1-2H3,(H,20,24). The Morgan fingerprint density at radius 1 is 1.23 bits per heavy atom. The van der Waals surface area contributed by atoms with Crippen molar-refractivity contribution < 1.29 is 9.53 Å². The van der Waals surface area contributed by atoms with Crippen LogP contribution in [0.1, 0.15) is 19.4 Å². The molecule has 3 rings (SSSR count). The number of amides is 1. The van der Waals surface area contributed by atoms with E-state index in [1.54, 1.807) is 6.33 Å².